The lowest BCUT2D eigenvalue weighted by Crippen LogP contribution is -2.37. The Bertz CT molecular complexity index is 1080. The molecule has 2 heterocycles. The molecule has 0 radical (unpaired) electrons. The molecule has 2 fully saturated rings. The van der Waals surface area contributed by atoms with Gasteiger partial charge < -0.3 is 25.0 Å². The van der Waals surface area contributed by atoms with Gasteiger partial charge in [-0.05, 0) is 74.2 Å². The molecule has 9 heteroatoms. The van der Waals surface area contributed by atoms with E-state index in [1.54, 1.807) is 29.2 Å². The maximum atomic E-state index is 12.5. The summed E-state index contributed by atoms with van der Waals surface area (Å²) in [4.78, 5) is 39.0. The van der Waals surface area contributed by atoms with Crippen molar-refractivity contribution in [2.45, 2.75) is 39.2 Å². The van der Waals surface area contributed by atoms with Crippen LogP contribution >= 0.6 is 15.9 Å². The number of hydrogen-bond acceptors (Lipinski definition) is 5. The van der Waals surface area contributed by atoms with Crippen LogP contribution in [-0.4, -0.2) is 50.1 Å². The van der Waals surface area contributed by atoms with E-state index >= 15 is 0 Å². The topological polar surface area (TPSA) is 97.0 Å². The number of carbonyl (C=O) groups excluding carboxylic acids is 3. The zero-order valence-corrected chi connectivity index (χ0v) is 21.5. The highest BCUT2D eigenvalue weighted by molar-refractivity contribution is 9.10. The van der Waals surface area contributed by atoms with Crippen molar-refractivity contribution in [2.24, 2.45) is 5.92 Å². The van der Waals surface area contributed by atoms with Crippen molar-refractivity contribution < 1.29 is 23.9 Å². The fraction of sp³-hybridized carbons (Fsp3) is 0.423. The van der Waals surface area contributed by atoms with Gasteiger partial charge in [-0.15, -0.1) is 0 Å². The zero-order valence-electron chi connectivity index (χ0n) is 19.9. The van der Waals surface area contributed by atoms with Gasteiger partial charge in [-0.2, -0.15) is 0 Å². The third-order valence-electron chi connectivity index (χ3n) is 6.30. The predicted octanol–water partition coefficient (Wildman–Crippen LogP) is 3.73. The average molecular weight is 544 g/mol. The molecule has 2 aliphatic rings. The van der Waals surface area contributed by atoms with Crippen molar-refractivity contribution in [2.75, 3.05) is 36.5 Å². The maximum Gasteiger partial charge on any atom is 0.262 e. The van der Waals surface area contributed by atoms with Crippen molar-refractivity contribution in [3.05, 3.63) is 52.0 Å². The van der Waals surface area contributed by atoms with Crippen molar-refractivity contribution >= 4 is 45.0 Å². The second-order valence-electron chi connectivity index (χ2n) is 9.03. The van der Waals surface area contributed by atoms with Crippen LogP contribution in [0, 0.1) is 19.8 Å². The van der Waals surface area contributed by atoms with E-state index in [1.165, 1.54) is 0 Å². The minimum absolute atomic E-state index is 0.0738. The average Bonchev–Trinajstić information content (AvgIpc) is 3.48. The second-order valence-corrected chi connectivity index (χ2v) is 9.95. The van der Waals surface area contributed by atoms with Crippen LogP contribution in [0.3, 0.4) is 0 Å². The molecule has 0 aliphatic carbocycles. The summed E-state index contributed by atoms with van der Waals surface area (Å²) in [5.41, 5.74) is 3.40. The van der Waals surface area contributed by atoms with E-state index in [4.69, 9.17) is 9.47 Å². The lowest BCUT2D eigenvalue weighted by Gasteiger charge is -2.18. The Hall–Kier alpha value is -2.91. The molecule has 0 bridgehead atoms. The largest absolute Gasteiger partial charge is 0.484 e. The Morgan fingerprint density at radius 2 is 1.89 bits per heavy atom. The summed E-state index contributed by atoms with van der Waals surface area (Å²) in [5.74, 6) is -0.317. The molecule has 2 saturated heterocycles. The highest BCUT2D eigenvalue weighted by Crippen LogP contribution is 2.28. The molecule has 186 valence electrons. The number of halogens is 1. The minimum atomic E-state index is -0.381. The molecule has 2 atom stereocenters. The smallest absolute Gasteiger partial charge is 0.262 e. The van der Waals surface area contributed by atoms with Gasteiger partial charge in [0.25, 0.3) is 5.91 Å². The van der Waals surface area contributed by atoms with Crippen molar-refractivity contribution in [3.8, 4) is 5.75 Å². The lowest BCUT2D eigenvalue weighted by atomic mass is 10.1. The van der Waals surface area contributed by atoms with E-state index in [-0.39, 0.29) is 42.8 Å². The third kappa shape index (κ3) is 6.41. The second kappa shape index (κ2) is 11.2. The van der Waals surface area contributed by atoms with Crippen LogP contribution < -0.4 is 20.3 Å². The van der Waals surface area contributed by atoms with E-state index in [2.05, 4.69) is 26.6 Å². The molecule has 2 N–H and O–H groups in total. The van der Waals surface area contributed by atoms with Gasteiger partial charge in [-0.1, -0.05) is 15.9 Å². The van der Waals surface area contributed by atoms with E-state index in [0.29, 0.717) is 24.5 Å². The van der Waals surface area contributed by atoms with Crippen LogP contribution in [0.1, 0.15) is 30.4 Å². The highest BCUT2D eigenvalue weighted by Gasteiger charge is 2.35. The van der Waals surface area contributed by atoms with E-state index in [1.807, 2.05) is 26.0 Å². The SMILES string of the molecule is Cc1cc(Br)cc(C)c1NC(=O)COc1ccc(N2C[C@@H](C(=O)NC[C@H]3CCCO3)CC2=O)cc1. The molecule has 0 saturated carbocycles. The number of amides is 3. The molecular weight excluding hydrogens is 514 g/mol. The van der Waals surface area contributed by atoms with Gasteiger partial charge in [0.15, 0.2) is 6.61 Å². The lowest BCUT2D eigenvalue weighted by molar-refractivity contribution is -0.126. The number of nitrogens with zero attached hydrogens (tertiary/aromatic N) is 1. The van der Waals surface area contributed by atoms with Gasteiger partial charge in [0.05, 0.1) is 12.0 Å². The number of rotatable bonds is 8. The molecule has 2 aromatic rings. The zero-order chi connectivity index (χ0) is 24.9. The van der Waals surface area contributed by atoms with Gasteiger partial charge in [-0.3, -0.25) is 14.4 Å². The number of ether oxygens (including phenoxy) is 2. The fourth-order valence-corrected chi connectivity index (χ4v) is 5.14. The van der Waals surface area contributed by atoms with Crippen LogP contribution in [0.2, 0.25) is 0 Å². The quantitative estimate of drug-likeness (QED) is 0.528. The molecule has 2 aromatic carbocycles. The van der Waals surface area contributed by atoms with Crippen LogP contribution in [-0.2, 0) is 19.1 Å². The highest BCUT2D eigenvalue weighted by atomic mass is 79.9. The fourth-order valence-electron chi connectivity index (χ4n) is 4.45. The molecule has 0 aromatic heterocycles. The number of hydrogen-bond donors (Lipinski definition) is 2. The first-order valence-corrected chi connectivity index (χ1v) is 12.6. The van der Waals surface area contributed by atoms with Gasteiger partial charge in [0.2, 0.25) is 11.8 Å². The molecule has 3 amide bonds. The Kier molecular flexibility index (Phi) is 8.07. The van der Waals surface area contributed by atoms with E-state index < -0.39 is 0 Å². The molecule has 0 spiro atoms. The molecule has 4 rings (SSSR count). The molecule has 2 aliphatic heterocycles. The Morgan fingerprint density at radius 3 is 2.54 bits per heavy atom. The standard InChI is InChI=1S/C26H30BrN3O5/c1-16-10-19(27)11-17(2)25(16)29-23(31)15-35-21-7-5-20(6-8-21)30-14-18(12-24(30)32)26(33)28-13-22-4-3-9-34-22/h5-8,10-11,18,22H,3-4,9,12-15H2,1-2H3,(H,28,33)(H,29,31)/t18-,22+/m0/s1. The van der Waals surface area contributed by atoms with Crippen LogP contribution in [0.25, 0.3) is 0 Å². The van der Waals surface area contributed by atoms with Gasteiger partial charge >= 0.3 is 0 Å². The van der Waals surface area contributed by atoms with Gasteiger partial charge in [-0.25, -0.2) is 0 Å². The first kappa shape index (κ1) is 25.2. The number of benzene rings is 2. The number of aryl methyl sites for hydroxylation is 2. The van der Waals surface area contributed by atoms with Gasteiger partial charge in [0, 0.05) is 42.0 Å². The van der Waals surface area contributed by atoms with E-state index in [9.17, 15) is 14.4 Å². The molecule has 8 nitrogen and oxygen atoms in total. The minimum Gasteiger partial charge on any atom is -0.484 e. The monoisotopic (exact) mass is 543 g/mol. The molecule has 0 unspecified atom stereocenters. The molecule has 35 heavy (non-hydrogen) atoms. The van der Waals surface area contributed by atoms with Crippen LogP contribution in [0.5, 0.6) is 5.75 Å². The summed E-state index contributed by atoms with van der Waals surface area (Å²) in [6.45, 7) is 5.31. The Balaban J connectivity index is 1.27. The van der Waals surface area contributed by atoms with Crippen LogP contribution in [0.15, 0.2) is 40.9 Å². The summed E-state index contributed by atoms with van der Waals surface area (Å²) in [7, 11) is 0. The summed E-state index contributed by atoms with van der Waals surface area (Å²) in [5, 5.41) is 5.82. The molecular formula is C26H30BrN3O5. The maximum absolute atomic E-state index is 12.5. The number of nitrogens with one attached hydrogen (secondary N) is 2. The first-order chi connectivity index (χ1) is 16.8. The van der Waals surface area contributed by atoms with E-state index in [0.717, 1.165) is 40.7 Å². The summed E-state index contributed by atoms with van der Waals surface area (Å²) in [6.07, 6.45) is 2.23. The summed E-state index contributed by atoms with van der Waals surface area (Å²) in [6, 6.07) is 10.9. The van der Waals surface area contributed by atoms with Crippen molar-refractivity contribution in [3.63, 3.8) is 0 Å². The van der Waals surface area contributed by atoms with Crippen molar-refractivity contribution in [1.82, 2.24) is 5.32 Å². The first-order valence-electron chi connectivity index (χ1n) is 11.8. The number of carbonyl (C=O) groups is 3. The third-order valence-corrected chi connectivity index (χ3v) is 6.76. The van der Waals surface area contributed by atoms with Crippen LogP contribution in [0.4, 0.5) is 11.4 Å². The summed E-state index contributed by atoms with van der Waals surface area (Å²) >= 11 is 3.45. The predicted molar refractivity (Wildman–Crippen MR) is 137 cm³/mol. The normalized spacial score (nSPS) is 19.6. The van der Waals surface area contributed by atoms with Gasteiger partial charge in [0.1, 0.15) is 5.75 Å². The number of anilines is 2. The summed E-state index contributed by atoms with van der Waals surface area (Å²) < 4.78 is 12.1. The van der Waals surface area contributed by atoms with Crippen molar-refractivity contribution in [1.29, 1.82) is 0 Å². The Labute approximate surface area is 213 Å². The Morgan fingerprint density at radius 1 is 1.17 bits per heavy atom.